The molecule has 0 spiro atoms. The minimum atomic E-state index is -1.11. The number of nitrogens with zero attached hydrogens (tertiary/aromatic N) is 1. The lowest BCUT2D eigenvalue weighted by molar-refractivity contribution is -0.0147. The number of rotatable bonds is 6. The molecule has 2 aromatic carbocycles. The van der Waals surface area contributed by atoms with Crippen molar-refractivity contribution in [3.05, 3.63) is 71.5 Å². The first kappa shape index (κ1) is 18.1. The summed E-state index contributed by atoms with van der Waals surface area (Å²) in [4.78, 5) is 2.34. The van der Waals surface area contributed by atoms with Crippen molar-refractivity contribution in [1.82, 2.24) is 4.90 Å². The van der Waals surface area contributed by atoms with Crippen molar-refractivity contribution in [3.63, 3.8) is 0 Å². The molecule has 1 unspecified atom stereocenters. The molecule has 1 aliphatic heterocycles. The van der Waals surface area contributed by atoms with Gasteiger partial charge >= 0.3 is 0 Å². The van der Waals surface area contributed by atoms with Crippen LogP contribution in [0.25, 0.3) is 0 Å². The lowest BCUT2D eigenvalue weighted by Gasteiger charge is -2.42. The molecule has 3 rings (SSSR count). The maximum absolute atomic E-state index is 13.4. The van der Waals surface area contributed by atoms with E-state index in [-0.39, 0.29) is 18.3 Å². The van der Waals surface area contributed by atoms with Gasteiger partial charge in [-0.2, -0.15) is 0 Å². The average Bonchev–Trinajstić information content (AvgIpc) is 2.67. The van der Waals surface area contributed by atoms with Crippen LogP contribution in [0.2, 0.25) is 0 Å². The van der Waals surface area contributed by atoms with Crippen LogP contribution in [0.1, 0.15) is 30.4 Å². The largest absolute Gasteiger partial charge is 0.396 e. The maximum atomic E-state index is 13.4. The number of benzene rings is 2. The van der Waals surface area contributed by atoms with Gasteiger partial charge in [0, 0.05) is 13.2 Å². The number of likely N-dealkylation sites (tertiary alicyclic amines) is 1. The van der Waals surface area contributed by atoms with E-state index in [0.717, 1.165) is 50.0 Å². The monoisotopic (exact) mass is 343 g/mol. The normalized spacial score (nSPS) is 18.8. The summed E-state index contributed by atoms with van der Waals surface area (Å²) in [7, 11) is 0. The van der Waals surface area contributed by atoms with Crippen LogP contribution in [-0.4, -0.2) is 41.4 Å². The molecule has 25 heavy (non-hydrogen) atoms. The molecule has 0 aromatic heterocycles. The highest BCUT2D eigenvalue weighted by Gasteiger charge is 2.41. The third-order valence-corrected chi connectivity index (χ3v) is 5.31. The quantitative estimate of drug-likeness (QED) is 0.847. The lowest BCUT2D eigenvalue weighted by atomic mass is 9.72. The SMILES string of the molecule is OCCCN1CCC(C(O)(c2ccccc2)c2ccc(F)cc2)CC1. The fourth-order valence-electron chi connectivity index (χ4n) is 3.90. The van der Waals surface area contributed by atoms with Crippen LogP contribution in [0.4, 0.5) is 4.39 Å². The average molecular weight is 343 g/mol. The second-order valence-corrected chi connectivity index (χ2v) is 6.83. The van der Waals surface area contributed by atoms with E-state index in [0.29, 0.717) is 0 Å². The first-order chi connectivity index (χ1) is 12.1. The van der Waals surface area contributed by atoms with E-state index >= 15 is 0 Å². The number of piperidine rings is 1. The maximum Gasteiger partial charge on any atom is 0.123 e. The Bertz CT molecular complexity index is 653. The van der Waals surface area contributed by atoms with E-state index in [1.807, 2.05) is 30.3 Å². The predicted octanol–water partition coefficient (Wildman–Crippen LogP) is 3.16. The molecule has 2 aromatic rings. The van der Waals surface area contributed by atoms with Crippen LogP contribution in [0.15, 0.2) is 54.6 Å². The molecule has 0 radical (unpaired) electrons. The minimum Gasteiger partial charge on any atom is -0.396 e. The van der Waals surface area contributed by atoms with Gasteiger partial charge in [0.2, 0.25) is 0 Å². The fraction of sp³-hybridized carbons (Fsp3) is 0.429. The third-order valence-electron chi connectivity index (χ3n) is 5.31. The molecule has 0 aliphatic carbocycles. The van der Waals surface area contributed by atoms with Crippen molar-refractivity contribution in [2.45, 2.75) is 24.9 Å². The van der Waals surface area contributed by atoms with Crippen molar-refractivity contribution < 1.29 is 14.6 Å². The van der Waals surface area contributed by atoms with Gasteiger partial charge < -0.3 is 15.1 Å². The molecular weight excluding hydrogens is 317 g/mol. The lowest BCUT2D eigenvalue weighted by Crippen LogP contribution is -2.44. The molecule has 1 saturated heterocycles. The van der Waals surface area contributed by atoms with Gasteiger partial charge in [-0.05, 0) is 61.5 Å². The second kappa shape index (κ2) is 8.09. The Morgan fingerprint density at radius 1 is 0.960 bits per heavy atom. The number of halogens is 1. The zero-order valence-electron chi connectivity index (χ0n) is 14.4. The Morgan fingerprint density at radius 2 is 1.56 bits per heavy atom. The van der Waals surface area contributed by atoms with Crippen LogP contribution < -0.4 is 0 Å². The van der Waals surface area contributed by atoms with E-state index in [4.69, 9.17) is 5.11 Å². The molecule has 1 atom stereocenters. The highest BCUT2D eigenvalue weighted by atomic mass is 19.1. The van der Waals surface area contributed by atoms with E-state index in [9.17, 15) is 9.50 Å². The molecule has 0 amide bonds. The van der Waals surface area contributed by atoms with Gasteiger partial charge in [-0.25, -0.2) is 4.39 Å². The van der Waals surface area contributed by atoms with E-state index in [1.54, 1.807) is 12.1 Å². The Balaban J connectivity index is 1.87. The summed E-state index contributed by atoms with van der Waals surface area (Å²) in [6.07, 6.45) is 2.52. The minimum absolute atomic E-state index is 0.0748. The summed E-state index contributed by atoms with van der Waals surface area (Å²) >= 11 is 0. The molecule has 2 N–H and O–H groups in total. The van der Waals surface area contributed by atoms with Crippen molar-refractivity contribution in [2.24, 2.45) is 5.92 Å². The van der Waals surface area contributed by atoms with Gasteiger partial charge in [-0.1, -0.05) is 42.5 Å². The van der Waals surface area contributed by atoms with Crippen molar-refractivity contribution in [3.8, 4) is 0 Å². The molecule has 1 fully saturated rings. The van der Waals surface area contributed by atoms with E-state index < -0.39 is 5.60 Å². The number of hydrogen-bond acceptors (Lipinski definition) is 3. The molecule has 1 heterocycles. The van der Waals surface area contributed by atoms with Gasteiger partial charge in [0.15, 0.2) is 0 Å². The first-order valence-corrected chi connectivity index (χ1v) is 9.01. The van der Waals surface area contributed by atoms with Gasteiger partial charge in [0.1, 0.15) is 11.4 Å². The van der Waals surface area contributed by atoms with Crippen molar-refractivity contribution >= 4 is 0 Å². The molecule has 0 bridgehead atoms. The standard InChI is InChI=1S/C21H26FNO2/c22-20-9-7-18(8-10-20)21(25,17-5-2-1-3-6-17)19-11-14-23(15-12-19)13-4-16-24/h1-3,5-10,19,24-25H,4,11-16H2. The summed E-state index contributed by atoms with van der Waals surface area (Å²) in [6.45, 7) is 2.91. The second-order valence-electron chi connectivity index (χ2n) is 6.83. The van der Waals surface area contributed by atoms with Gasteiger partial charge in [0.25, 0.3) is 0 Å². The molecule has 3 nitrogen and oxygen atoms in total. The number of hydrogen-bond donors (Lipinski definition) is 2. The van der Waals surface area contributed by atoms with E-state index in [2.05, 4.69) is 4.90 Å². The van der Waals surface area contributed by atoms with Gasteiger partial charge in [-0.3, -0.25) is 0 Å². The number of aliphatic hydroxyl groups excluding tert-OH is 1. The molecule has 134 valence electrons. The summed E-state index contributed by atoms with van der Waals surface area (Å²) in [5.74, 6) is -0.219. The zero-order valence-corrected chi connectivity index (χ0v) is 14.4. The Hall–Kier alpha value is -1.75. The molecular formula is C21H26FNO2. The van der Waals surface area contributed by atoms with Crippen LogP contribution in [0.5, 0.6) is 0 Å². The van der Waals surface area contributed by atoms with Crippen molar-refractivity contribution in [1.29, 1.82) is 0 Å². The molecule has 0 saturated carbocycles. The fourth-order valence-corrected chi connectivity index (χ4v) is 3.90. The third kappa shape index (κ3) is 3.92. The van der Waals surface area contributed by atoms with Crippen LogP contribution in [0, 0.1) is 11.7 Å². The summed E-state index contributed by atoms with van der Waals surface area (Å²) in [6, 6.07) is 15.9. The van der Waals surface area contributed by atoms with Crippen molar-refractivity contribution in [2.75, 3.05) is 26.2 Å². The van der Waals surface area contributed by atoms with Crippen LogP contribution in [0.3, 0.4) is 0 Å². The Kier molecular flexibility index (Phi) is 5.84. The number of aliphatic hydroxyl groups is 2. The summed E-state index contributed by atoms with van der Waals surface area (Å²) in [5.41, 5.74) is 0.488. The Labute approximate surface area is 148 Å². The highest BCUT2D eigenvalue weighted by molar-refractivity contribution is 5.37. The summed E-state index contributed by atoms with van der Waals surface area (Å²) in [5, 5.41) is 20.8. The first-order valence-electron chi connectivity index (χ1n) is 9.01. The molecule has 1 aliphatic rings. The summed E-state index contributed by atoms with van der Waals surface area (Å²) < 4.78 is 13.4. The predicted molar refractivity (Wildman–Crippen MR) is 96.7 cm³/mol. The van der Waals surface area contributed by atoms with Gasteiger partial charge in [-0.15, -0.1) is 0 Å². The highest BCUT2D eigenvalue weighted by Crippen LogP contribution is 2.41. The molecule has 4 heteroatoms. The van der Waals surface area contributed by atoms with Crippen LogP contribution >= 0.6 is 0 Å². The Morgan fingerprint density at radius 3 is 2.16 bits per heavy atom. The van der Waals surface area contributed by atoms with Gasteiger partial charge in [0.05, 0.1) is 0 Å². The van der Waals surface area contributed by atoms with E-state index in [1.165, 1.54) is 12.1 Å². The smallest absolute Gasteiger partial charge is 0.123 e. The topological polar surface area (TPSA) is 43.7 Å². The zero-order chi connectivity index (χ0) is 17.7. The van der Waals surface area contributed by atoms with Crippen LogP contribution in [-0.2, 0) is 5.60 Å².